The number of pyridine rings is 1. The van der Waals surface area contributed by atoms with Gasteiger partial charge in [-0.3, -0.25) is 14.8 Å². The largest absolute Gasteiger partial charge is 0.489 e. The first-order chi connectivity index (χ1) is 13.7. The standard InChI is InChI=1S/C23H31N3O2/c1-3-15-28-23-10-5-4-8-20(23)16-25-12-13-26(22(18-25)11-14-27)17-21-9-6-7-19(2)24-21/h3-10,22,27H,1,11-18H2,2H3. The van der Waals surface area contributed by atoms with Gasteiger partial charge in [0.05, 0.1) is 5.69 Å². The van der Waals surface area contributed by atoms with Crippen LogP contribution in [-0.4, -0.2) is 58.8 Å². The molecule has 1 atom stereocenters. The lowest BCUT2D eigenvalue weighted by Crippen LogP contribution is -2.52. The number of aliphatic hydroxyl groups excluding tert-OH is 1. The van der Waals surface area contributed by atoms with Crippen molar-refractivity contribution in [2.75, 3.05) is 32.8 Å². The van der Waals surface area contributed by atoms with Crippen LogP contribution in [0.3, 0.4) is 0 Å². The molecular formula is C23H31N3O2. The number of aromatic nitrogens is 1. The fraction of sp³-hybridized carbons (Fsp3) is 0.435. The molecule has 1 fully saturated rings. The van der Waals surface area contributed by atoms with Crippen molar-refractivity contribution >= 4 is 0 Å². The summed E-state index contributed by atoms with van der Waals surface area (Å²) in [6.07, 6.45) is 2.54. The lowest BCUT2D eigenvalue weighted by atomic mass is 10.1. The summed E-state index contributed by atoms with van der Waals surface area (Å²) in [7, 11) is 0. The fourth-order valence-corrected chi connectivity index (χ4v) is 3.79. The maximum absolute atomic E-state index is 9.57. The van der Waals surface area contributed by atoms with Gasteiger partial charge < -0.3 is 9.84 Å². The molecule has 1 aromatic heterocycles. The van der Waals surface area contributed by atoms with Crippen LogP contribution in [0.25, 0.3) is 0 Å². The maximum Gasteiger partial charge on any atom is 0.124 e. The minimum atomic E-state index is 0.204. The lowest BCUT2D eigenvalue weighted by Gasteiger charge is -2.41. The summed E-state index contributed by atoms with van der Waals surface area (Å²) in [5, 5.41) is 9.57. The van der Waals surface area contributed by atoms with E-state index >= 15 is 0 Å². The minimum absolute atomic E-state index is 0.204. The Morgan fingerprint density at radius 1 is 1.18 bits per heavy atom. The Bertz CT molecular complexity index is 765. The average Bonchev–Trinajstić information content (AvgIpc) is 2.69. The Balaban J connectivity index is 1.64. The zero-order valence-electron chi connectivity index (χ0n) is 16.8. The molecule has 1 aliphatic rings. The molecule has 1 aliphatic heterocycles. The summed E-state index contributed by atoms with van der Waals surface area (Å²) in [5.41, 5.74) is 3.34. The van der Waals surface area contributed by atoms with E-state index in [1.165, 1.54) is 5.56 Å². The van der Waals surface area contributed by atoms with Crippen LogP contribution in [0.2, 0.25) is 0 Å². The molecule has 0 saturated carbocycles. The van der Waals surface area contributed by atoms with E-state index in [1.807, 2.05) is 25.1 Å². The number of aliphatic hydroxyl groups is 1. The van der Waals surface area contributed by atoms with E-state index < -0.39 is 0 Å². The average molecular weight is 382 g/mol. The highest BCUT2D eigenvalue weighted by Crippen LogP contribution is 2.23. The van der Waals surface area contributed by atoms with E-state index in [-0.39, 0.29) is 6.61 Å². The van der Waals surface area contributed by atoms with E-state index in [9.17, 15) is 5.11 Å². The van der Waals surface area contributed by atoms with Gasteiger partial charge >= 0.3 is 0 Å². The van der Waals surface area contributed by atoms with E-state index in [0.717, 1.165) is 56.3 Å². The SMILES string of the molecule is C=CCOc1ccccc1CN1CCN(Cc2cccc(C)n2)C(CCO)C1. The zero-order chi connectivity index (χ0) is 19.8. The molecule has 1 saturated heterocycles. The highest BCUT2D eigenvalue weighted by atomic mass is 16.5. The molecule has 3 rings (SSSR count). The van der Waals surface area contributed by atoms with Gasteiger partial charge in [-0.1, -0.05) is 36.9 Å². The van der Waals surface area contributed by atoms with Gasteiger partial charge in [0.15, 0.2) is 0 Å². The number of para-hydroxylation sites is 1. The summed E-state index contributed by atoms with van der Waals surface area (Å²) < 4.78 is 5.81. The third-order valence-corrected chi connectivity index (χ3v) is 5.19. The highest BCUT2D eigenvalue weighted by molar-refractivity contribution is 5.33. The van der Waals surface area contributed by atoms with Gasteiger partial charge in [-0.25, -0.2) is 0 Å². The fourth-order valence-electron chi connectivity index (χ4n) is 3.79. The highest BCUT2D eigenvalue weighted by Gasteiger charge is 2.27. The van der Waals surface area contributed by atoms with Crippen LogP contribution in [-0.2, 0) is 13.1 Å². The molecule has 0 bridgehead atoms. The van der Waals surface area contributed by atoms with E-state index in [2.05, 4.69) is 45.6 Å². The number of benzene rings is 1. The molecule has 0 aliphatic carbocycles. The summed E-state index contributed by atoms with van der Waals surface area (Å²) in [4.78, 5) is 9.55. The molecule has 5 nitrogen and oxygen atoms in total. The molecule has 1 unspecified atom stereocenters. The lowest BCUT2D eigenvalue weighted by molar-refractivity contribution is 0.0487. The van der Waals surface area contributed by atoms with Gasteiger partial charge in [0, 0.05) is 56.6 Å². The molecule has 5 heteroatoms. The summed E-state index contributed by atoms with van der Waals surface area (Å²) >= 11 is 0. The Labute approximate surface area is 168 Å². The van der Waals surface area contributed by atoms with E-state index in [4.69, 9.17) is 4.74 Å². The minimum Gasteiger partial charge on any atom is -0.489 e. The second-order valence-electron chi connectivity index (χ2n) is 7.35. The molecule has 28 heavy (non-hydrogen) atoms. The number of ether oxygens (including phenoxy) is 1. The van der Waals surface area contributed by atoms with Crippen molar-refractivity contribution in [3.63, 3.8) is 0 Å². The Hall–Kier alpha value is -2.21. The molecule has 2 aromatic rings. The predicted molar refractivity (Wildman–Crippen MR) is 112 cm³/mol. The van der Waals surface area contributed by atoms with Gasteiger partial charge in [0.25, 0.3) is 0 Å². The predicted octanol–water partition coefficient (Wildman–Crippen LogP) is 3.02. The van der Waals surface area contributed by atoms with Gasteiger partial charge in [-0.05, 0) is 31.5 Å². The van der Waals surface area contributed by atoms with Crippen molar-refractivity contribution in [1.29, 1.82) is 0 Å². The van der Waals surface area contributed by atoms with Crippen LogP contribution in [0.15, 0.2) is 55.1 Å². The van der Waals surface area contributed by atoms with Crippen LogP contribution in [0, 0.1) is 6.92 Å². The topological polar surface area (TPSA) is 48.8 Å². The molecule has 1 N–H and O–H groups in total. The van der Waals surface area contributed by atoms with Crippen LogP contribution < -0.4 is 4.74 Å². The quantitative estimate of drug-likeness (QED) is 0.677. The van der Waals surface area contributed by atoms with Gasteiger partial charge in [-0.2, -0.15) is 0 Å². The van der Waals surface area contributed by atoms with Crippen LogP contribution in [0.5, 0.6) is 5.75 Å². The van der Waals surface area contributed by atoms with Crippen LogP contribution in [0.4, 0.5) is 0 Å². The van der Waals surface area contributed by atoms with Crippen LogP contribution >= 0.6 is 0 Å². The molecule has 150 valence electrons. The molecule has 0 spiro atoms. The summed E-state index contributed by atoms with van der Waals surface area (Å²) in [5.74, 6) is 0.924. The zero-order valence-corrected chi connectivity index (χ0v) is 16.8. The Morgan fingerprint density at radius 2 is 2.04 bits per heavy atom. The molecule has 1 aromatic carbocycles. The van der Waals surface area contributed by atoms with E-state index in [1.54, 1.807) is 6.08 Å². The first kappa shape index (κ1) is 20.5. The normalized spacial score (nSPS) is 18.1. The first-order valence-corrected chi connectivity index (χ1v) is 10.0. The van der Waals surface area contributed by atoms with Crippen molar-refractivity contribution in [3.05, 3.63) is 72.1 Å². The monoisotopic (exact) mass is 381 g/mol. The number of hydrogen-bond acceptors (Lipinski definition) is 5. The van der Waals surface area contributed by atoms with Crippen molar-refractivity contribution in [2.45, 2.75) is 32.5 Å². The second kappa shape index (κ2) is 10.4. The Morgan fingerprint density at radius 3 is 2.82 bits per heavy atom. The third-order valence-electron chi connectivity index (χ3n) is 5.19. The molecule has 2 heterocycles. The number of nitrogens with zero attached hydrogens (tertiary/aromatic N) is 3. The smallest absolute Gasteiger partial charge is 0.124 e. The summed E-state index contributed by atoms with van der Waals surface area (Å²) in [6.45, 7) is 11.1. The van der Waals surface area contributed by atoms with Gasteiger partial charge in [-0.15, -0.1) is 0 Å². The number of aryl methyl sites for hydroxylation is 1. The number of rotatable bonds is 9. The molecular weight excluding hydrogens is 350 g/mol. The second-order valence-corrected chi connectivity index (χ2v) is 7.35. The first-order valence-electron chi connectivity index (χ1n) is 10.0. The van der Waals surface area contributed by atoms with Crippen molar-refractivity contribution in [2.24, 2.45) is 0 Å². The maximum atomic E-state index is 9.57. The van der Waals surface area contributed by atoms with E-state index in [0.29, 0.717) is 12.6 Å². The summed E-state index contributed by atoms with van der Waals surface area (Å²) in [6, 6.07) is 14.7. The van der Waals surface area contributed by atoms with Crippen molar-refractivity contribution in [3.8, 4) is 5.75 Å². The van der Waals surface area contributed by atoms with Crippen molar-refractivity contribution < 1.29 is 9.84 Å². The molecule has 0 amide bonds. The van der Waals surface area contributed by atoms with Gasteiger partial charge in [0.1, 0.15) is 12.4 Å². The number of hydrogen-bond donors (Lipinski definition) is 1. The molecule has 0 radical (unpaired) electrons. The third kappa shape index (κ3) is 5.64. The van der Waals surface area contributed by atoms with Gasteiger partial charge in [0.2, 0.25) is 0 Å². The van der Waals surface area contributed by atoms with Crippen molar-refractivity contribution in [1.82, 2.24) is 14.8 Å². The van der Waals surface area contributed by atoms with Crippen LogP contribution in [0.1, 0.15) is 23.4 Å². The number of piperazine rings is 1. The Kier molecular flexibility index (Phi) is 7.60.